The summed E-state index contributed by atoms with van der Waals surface area (Å²) < 4.78 is 4.97. The highest BCUT2D eigenvalue weighted by molar-refractivity contribution is 7.80. The minimum absolute atomic E-state index is 0.325. The maximum Gasteiger partial charge on any atom is 0.338 e. The van der Waals surface area contributed by atoms with Crippen LogP contribution in [-0.2, 0) is 4.74 Å². The second-order valence-corrected chi connectivity index (χ2v) is 5.82. The molecule has 2 N–H and O–H groups in total. The lowest BCUT2D eigenvalue weighted by molar-refractivity contribution is 0.0526. The molecule has 0 heterocycles. The number of thiocarbonyl (C=S) groups is 1. The van der Waals surface area contributed by atoms with E-state index in [2.05, 4.69) is 10.6 Å². The molecule has 7 heteroatoms. The number of benzene rings is 2. The van der Waals surface area contributed by atoms with E-state index >= 15 is 0 Å². The highest BCUT2D eigenvalue weighted by atomic mass is 35.5. The average Bonchev–Trinajstić information content (AvgIpc) is 2.46. The molecule has 0 saturated heterocycles. The highest BCUT2D eigenvalue weighted by Crippen LogP contribution is 2.22. The molecule has 0 spiro atoms. The molecule has 0 aliphatic heterocycles. The summed E-state index contributed by atoms with van der Waals surface area (Å²) in [6.45, 7) is 2.08. The molecule has 0 aromatic heterocycles. The summed E-state index contributed by atoms with van der Waals surface area (Å²) in [4.78, 5) is 11.7. The van der Waals surface area contributed by atoms with Crippen LogP contribution in [-0.4, -0.2) is 17.7 Å². The number of rotatable bonds is 4. The fourth-order valence-corrected chi connectivity index (χ4v) is 2.62. The van der Waals surface area contributed by atoms with Gasteiger partial charge in [-0.1, -0.05) is 29.3 Å². The monoisotopic (exact) mass is 368 g/mol. The summed E-state index contributed by atoms with van der Waals surface area (Å²) >= 11 is 17.1. The van der Waals surface area contributed by atoms with Gasteiger partial charge in [0, 0.05) is 21.4 Å². The van der Waals surface area contributed by atoms with Gasteiger partial charge >= 0.3 is 5.97 Å². The van der Waals surface area contributed by atoms with Crippen LogP contribution >= 0.6 is 35.4 Å². The normalized spacial score (nSPS) is 10.0. The van der Waals surface area contributed by atoms with E-state index in [1.807, 2.05) is 0 Å². The molecule has 0 fully saturated rings. The molecular formula is C16H14Cl2N2O2S. The van der Waals surface area contributed by atoms with Crippen molar-refractivity contribution >= 4 is 57.9 Å². The predicted octanol–water partition coefficient (Wildman–Crippen LogP) is 4.98. The second kappa shape index (κ2) is 8.15. The van der Waals surface area contributed by atoms with Crippen molar-refractivity contribution in [2.45, 2.75) is 6.92 Å². The van der Waals surface area contributed by atoms with E-state index in [-0.39, 0.29) is 5.97 Å². The van der Waals surface area contributed by atoms with Crippen LogP contribution in [0.15, 0.2) is 42.5 Å². The van der Waals surface area contributed by atoms with Crippen LogP contribution in [0.2, 0.25) is 10.0 Å². The maximum absolute atomic E-state index is 11.7. The molecule has 2 aromatic rings. The van der Waals surface area contributed by atoms with Gasteiger partial charge < -0.3 is 15.4 Å². The van der Waals surface area contributed by atoms with Crippen molar-refractivity contribution < 1.29 is 9.53 Å². The first-order chi connectivity index (χ1) is 11.0. The SMILES string of the molecule is CCOC(=O)c1cccc(NC(=S)Nc2cc(Cl)cc(Cl)c2)c1. The van der Waals surface area contributed by atoms with Crippen molar-refractivity contribution in [3.05, 3.63) is 58.1 Å². The lowest BCUT2D eigenvalue weighted by atomic mass is 10.2. The Morgan fingerprint density at radius 3 is 2.39 bits per heavy atom. The Morgan fingerprint density at radius 1 is 1.09 bits per heavy atom. The van der Waals surface area contributed by atoms with Gasteiger partial charge in [0.1, 0.15) is 0 Å². The van der Waals surface area contributed by atoms with E-state index in [0.29, 0.717) is 38.7 Å². The Hall–Kier alpha value is -1.82. The fraction of sp³-hybridized carbons (Fsp3) is 0.125. The zero-order valence-electron chi connectivity index (χ0n) is 12.2. The number of carbonyl (C=O) groups excluding carboxylic acids is 1. The van der Waals surface area contributed by atoms with E-state index in [9.17, 15) is 4.79 Å². The number of ether oxygens (including phenoxy) is 1. The molecule has 2 rings (SSSR count). The minimum atomic E-state index is -0.378. The van der Waals surface area contributed by atoms with E-state index in [0.717, 1.165) is 0 Å². The first-order valence-electron chi connectivity index (χ1n) is 6.79. The van der Waals surface area contributed by atoms with Crippen molar-refractivity contribution in [3.63, 3.8) is 0 Å². The Balaban J connectivity index is 2.05. The quantitative estimate of drug-likeness (QED) is 0.588. The van der Waals surface area contributed by atoms with Crippen molar-refractivity contribution in [1.82, 2.24) is 0 Å². The molecule has 0 unspecified atom stereocenters. The van der Waals surface area contributed by atoms with Crippen molar-refractivity contribution in [2.24, 2.45) is 0 Å². The smallest absolute Gasteiger partial charge is 0.338 e. The first kappa shape index (κ1) is 17.5. The maximum atomic E-state index is 11.7. The zero-order valence-corrected chi connectivity index (χ0v) is 14.6. The summed E-state index contributed by atoms with van der Waals surface area (Å²) in [6, 6.07) is 11.9. The van der Waals surface area contributed by atoms with Crippen molar-refractivity contribution in [1.29, 1.82) is 0 Å². The average molecular weight is 369 g/mol. The number of nitrogens with one attached hydrogen (secondary N) is 2. The van der Waals surface area contributed by atoms with E-state index < -0.39 is 0 Å². The largest absolute Gasteiger partial charge is 0.462 e. The van der Waals surface area contributed by atoms with Gasteiger partial charge in [0.2, 0.25) is 0 Å². The van der Waals surface area contributed by atoms with E-state index in [1.54, 1.807) is 49.4 Å². The molecule has 0 aliphatic carbocycles. The van der Waals surface area contributed by atoms with Crippen LogP contribution in [0.3, 0.4) is 0 Å². The number of halogens is 2. The predicted molar refractivity (Wildman–Crippen MR) is 98.7 cm³/mol. The first-order valence-corrected chi connectivity index (χ1v) is 7.95. The molecule has 4 nitrogen and oxygen atoms in total. The second-order valence-electron chi connectivity index (χ2n) is 4.54. The summed E-state index contributed by atoms with van der Waals surface area (Å²) in [5, 5.41) is 7.34. The third kappa shape index (κ3) is 5.39. The lowest BCUT2D eigenvalue weighted by Gasteiger charge is -2.12. The van der Waals surface area contributed by atoms with Crippen molar-refractivity contribution in [2.75, 3.05) is 17.2 Å². The molecule has 0 amide bonds. The molecule has 0 bridgehead atoms. The summed E-state index contributed by atoms with van der Waals surface area (Å²) in [6.07, 6.45) is 0. The van der Waals surface area contributed by atoms with Gasteiger partial charge in [-0.25, -0.2) is 4.79 Å². The topological polar surface area (TPSA) is 50.4 Å². The van der Waals surface area contributed by atoms with Gasteiger partial charge in [0.05, 0.1) is 12.2 Å². The van der Waals surface area contributed by atoms with E-state index in [1.165, 1.54) is 0 Å². The molecule has 0 radical (unpaired) electrons. The number of hydrogen-bond acceptors (Lipinski definition) is 3. The number of hydrogen-bond donors (Lipinski definition) is 2. The van der Waals surface area contributed by atoms with Gasteiger partial charge in [-0.2, -0.15) is 0 Å². The molecule has 0 aliphatic rings. The zero-order chi connectivity index (χ0) is 16.8. The van der Waals surface area contributed by atoms with Crippen LogP contribution < -0.4 is 10.6 Å². The van der Waals surface area contributed by atoms with E-state index in [4.69, 9.17) is 40.2 Å². The number of anilines is 2. The standard InChI is InChI=1S/C16H14Cl2N2O2S/c1-2-22-15(21)10-4-3-5-13(6-10)19-16(23)20-14-8-11(17)7-12(18)9-14/h3-9H,2H2,1H3,(H2,19,20,23). The molecular weight excluding hydrogens is 355 g/mol. The Kier molecular flexibility index (Phi) is 6.21. The van der Waals surface area contributed by atoms with Crippen LogP contribution in [0.5, 0.6) is 0 Å². The van der Waals surface area contributed by atoms with Crippen molar-refractivity contribution in [3.8, 4) is 0 Å². The molecule has 2 aromatic carbocycles. The van der Waals surface area contributed by atoms with Crippen LogP contribution in [0.1, 0.15) is 17.3 Å². The summed E-state index contributed by atoms with van der Waals surface area (Å²) in [5.74, 6) is -0.378. The van der Waals surface area contributed by atoms with Gasteiger partial charge in [-0.15, -0.1) is 0 Å². The Bertz CT molecular complexity index is 718. The molecule has 23 heavy (non-hydrogen) atoms. The van der Waals surface area contributed by atoms with Gasteiger partial charge in [0.25, 0.3) is 0 Å². The number of esters is 1. The van der Waals surface area contributed by atoms with Crippen LogP contribution in [0, 0.1) is 0 Å². The van der Waals surface area contributed by atoms with Gasteiger partial charge in [-0.05, 0) is 55.5 Å². The van der Waals surface area contributed by atoms with Crippen LogP contribution in [0.4, 0.5) is 11.4 Å². The Morgan fingerprint density at radius 2 is 1.74 bits per heavy atom. The number of carbonyl (C=O) groups is 1. The molecule has 120 valence electrons. The van der Waals surface area contributed by atoms with Gasteiger partial charge in [0.15, 0.2) is 5.11 Å². The highest BCUT2D eigenvalue weighted by Gasteiger charge is 2.08. The fourth-order valence-electron chi connectivity index (χ4n) is 1.86. The third-order valence-electron chi connectivity index (χ3n) is 2.75. The van der Waals surface area contributed by atoms with Gasteiger partial charge in [-0.3, -0.25) is 0 Å². The molecule has 0 saturated carbocycles. The van der Waals surface area contributed by atoms with Crippen LogP contribution in [0.25, 0.3) is 0 Å². The summed E-state index contributed by atoms with van der Waals surface area (Å²) in [7, 11) is 0. The summed E-state index contributed by atoms with van der Waals surface area (Å²) in [5.41, 5.74) is 1.79. The molecule has 0 atom stereocenters. The Labute approximate surface area is 149 Å². The lowest BCUT2D eigenvalue weighted by Crippen LogP contribution is -2.19. The minimum Gasteiger partial charge on any atom is -0.462 e. The third-order valence-corrected chi connectivity index (χ3v) is 3.39.